The first kappa shape index (κ1) is 26.0. The third-order valence-electron chi connectivity index (χ3n) is 6.97. The zero-order chi connectivity index (χ0) is 26.8. The Morgan fingerprint density at radius 2 is 1.74 bits per heavy atom. The molecule has 4 aromatic rings. The highest BCUT2D eigenvalue weighted by atomic mass is 35.5. The number of rotatable bonds is 8. The molecule has 0 bridgehead atoms. The van der Waals surface area contributed by atoms with Gasteiger partial charge in [0.2, 0.25) is 0 Å². The van der Waals surface area contributed by atoms with Crippen molar-refractivity contribution in [2.75, 3.05) is 6.61 Å². The molecule has 8 heteroatoms. The van der Waals surface area contributed by atoms with E-state index in [9.17, 15) is 4.79 Å². The van der Waals surface area contributed by atoms with Gasteiger partial charge in [0.25, 0.3) is 0 Å². The van der Waals surface area contributed by atoms with E-state index in [0.29, 0.717) is 33.4 Å². The molecule has 0 aliphatic carbocycles. The molecule has 3 atom stereocenters. The molecule has 3 unspecified atom stereocenters. The van der Waals surface area contributed by atoms with E-state index < -0.39 is 5.97 Å². The number of carboxylic acids is 1. The van der Waals surface area contributed by atoms with E-state index in [1.165, 1.54) is 6.07 Å². The van der Waals surface area contributed by atoms with E-state index in [0.717, 1.165) is 28.7 Å². The highest BCUT2D eigenvalue weighted by molar-refractivity contribution is 6.40. The lowest BCUT2D eigenvalue weighted by atomic mass is 9.85. The first-order valence-electron chi connectivity index (χ1n) is 12.4. The predicted molar refractivity (Wildman–Crippen MR) is 150 cm³/mol. The standard InChI is InChI=1S/C30H26Cl2N2O4/c1-3-17(2)29-22(28(34-38-29)27-23(31)5-4-6-24(27)32)16-37-21-11-7-18(8-12-21)19-9-13-25-20(15-19)10-14-26(33-25)30(35)36/h4-15,17,22,29H,3,16H2,1-2H3,(H,35,36). The van der Waals surface area contributed by atoms with Crippen LogP contribution in [-0.2, 0) is 4.84 Å². The van der Waals surface area contributed by atoms with E-state index in [1.54, 1.807) is 18.2 Å². The lowest BCUT2D eigenvalue weighted by Gasteiger charge is -2.24. The molecule has 3 aromatic carbocycles. The Morgan fingerprint density at radius 1 is 1.03 bits per heavy atom. The van der Waals surface area contributed by atoms with Crippen LogP contribution in [0.3, 0.4) is 0 Å². The average Bonchev–Trinajstić information content (AvgIpc) is 3.34. The van der Waals surface area contributed by atoms with Crippen molar-refractivity contribution in [1.82, 2.24) is 4.98 Å². The van der Waals surface area contributed by atoms with Gasteiger partial charge in [0.1, 0.15) is 29.9 Å². The minimum Gasteiger partial charge on any atom is -0.493 e. The number of oxime groups is 1. The number of hydrogen-bond donors (Lipinski definition) is 1. The monoisotopic (exact) mass is 548 g/mol. The Morgan fingerprint density at radius 3 is 2.42 bits per heavy atom. The Kier molecular flexibility index (Phi) is 7.54. The van der Waals surface area contributed by atoms with Crippen molar-refractivity contribution >= 4 is 45.8 Å². The van der Waals surface area contributed by atoms with Crippen molar-refractivity contribution < 1.29 is 19.5 Å². The van der Waals surface area contributed by atoms with Crippen LogP contribution >= 0.6 is 23.2 Å². The summed E-state index contributed by atoms with van der Waals surface area (Å²) in [6.45, 7) is 4.63. The summed E-state index contributed by atoms with van der Waals surface area (Å²) in [5.74, 6) is -0.186. The summed E-state index contributed by atoms with van der Waals surface area (Å²) in [5.41, 5.74) is 4.07. The molecule has 0 spiro atoms. The van der Waals surface area contributed by atoms with Crippen LogP contribution in [0.25, 0.3) is 22.0 Å². The van der Waals surface area contributed by atoms with Crippen molar-refractivity contribution in [3.05, 3.63) is 94.1 Å². The van der Waals surface area contributed by atoms with Crippen LogP contribution in [0.15, 0.2) is 78.0 Å². The van der Waals surface area contributed by atoms with Crippen LogP contribution in [0.1, 0.15) is 36.3 Å². The van der Waals surface area contributed by atoms with Gasteiger partial charge in [-0.3, -0.25) is 0 Å². The molecule has 5 rings (SSSR count). The van der Waals surface area contributed by atoms with Crippen LogP contribution in [-0.4, -0.2) is 34.5 Å². The van der Waals surface area contributed by atoms with Crippen LogP contribution in [0.4, 0.5) is 0 Å². The third kappa shape index (κ3) is 5.19. The number of carboxylic acid groups (broad SMARTS) is 1. The van der Waals surface area contributed by atoms with Gasteiger partial charge in [0, 0.05) is 10.9 Å². The molecule has 0 radical (unpaired) electrons. The largest absolute Gasteiger partial charge is 0.493 e. The second kappa shape index (κ2) is 11.0. The minimum absolute atomic E-state index is 0.0278. The Bertz CT molecular complexity index is 1500. The Hall–Kier alpha value is -3.61. The molecule has 38 heavy (non-hydrogen) atoms. The van der Waals surface area contributed by atoms with Gasteiger partial charge in [-0.2, -0.15) is 0 Å². The maximum Gasteiger partial charge on any atom is 0.354 e. The second-order valence-corrected chi connectivity index (χ2v) is 10.2. The molecule has 0 saturated carbocycles. The summed E-state index contributed by atoms with van der Waals surface area (Å²) >= 11 is 13.0. The first-order valence-corrected chi connectivity index (χ1v) is 13.2. The number of pyridine rings is 1. The number of benzene rings is 3. The summed E-state index contributed by atoms with van der Waals surface area (Å²) in [5, 5.41) is 15.5. The molecule has 0 saturated heterocycles. The molecule has 1 N–H and O–H groups in total. The average molecular weight is 549 g/mol. The number of nitrogens with zero attached hydrogens (tertiary/aromatic N) is 2. The first-order chi connectivity index (χ1) is 18.4. The summed E-state index contributed by atoms with van der Waals surface area (Å²) in [6, 6.07) is 22.3. The zero-order valence-corrected chi connectivity index (χ0v) is 22.4. The Labute approximate surface area is 230 Å². The van der Waals surface area contributed by atoms with Crippen LogP contribution in [0.5, 0.6) is 5.75 Å². The fraction of sp³-hybridized carbons (Fsp3) is 0.233. The van der Waals surface area contributed by atoms with E-state index in [2.05, 4.69) is 24.0 Å². The quantitative estimate of drug-likeness (QED) is 0.243. The van der Waals surface area contributed by atoms with E-state index >= 15 is 0 Å². The molecule has 1 aromatic heterocycles. The summed E-state index contributed by atoms with van der Waals surface area (Å²) in [6.07, 6.45) is 0.794. The maximum absolute atomic E-state index is 11.2. The Balaban J connectivity index is 1.34. The molecule has 0 amide bonds. The van der Waals surface area contributed by atoms with Crippen molar-refractivity contribution in [2.45, 2.75) is 26.4 Å². The van der Waals surface area contributed by atoms with Crippen molar-refractivity contribution in [1.29, 1.82) is 0 Å². The van der Waals surface area contributed by atoms with Gasteiger partial charge < -0.3 is 14.7 Å². The van der Waals surface area contributed by atoms with Gasteiger partial charge in [-0.15, -0.1) is 0 Å². The number of halogens is 2. The highest BCUT2D eigenvalue weighted by Crippen LogP contribution is 2.36. The van der Waals surface area contributed by atoms with Crippen LogP contribution in [0.2, 0.25) is 10.0 Å². The third-order valence-corrected chi connectivity index (χ3v) is 7.60. The second-order valence-electron chi connectivity index (χ2n) is 9.38. The number of hydrogen-bond acceptors (Lipinski definition) is 5. The fourth-order valence-corrected chi connectivity index (χ4v) is 5.24. The number of carbonyl (C=O) groups is 1. The molecular weight excluding hydrogens is 523 g/mol. The molecule has 194 valence electrons. The molecule has 0 fully saturated rings. The van der Waals surface area contributed by atoms with Crippen LogP contribution < -0.4 is 4.74 Å². The summed E-state index contributed by atoms with van der Waals surface area (Å²) in [7, 11) is 0. The zero-order valence-electron chi connectivity index (χ0n) is 20.9. The lowest BCUT2D eigenvalue weighted by molar-refractivity contribution is 0.0114. The van der Waals surface area contributed by atoms with E-state index in [1.807, 2.05) is 48.5 Å². The molecule has 1 aliphatic rings. The number of aromatic carboxylic acids is 1. The van der Waals surface area contributed by atoms with Crippen molar-refractivity contribution in [2.24, 2.45) is 17.0 Å². The fourth-order valence-electron chi connectivity index (χ4n) is 4.65. The molecule has 1 aliphatic heterocycles. The van der Waals surface area contributed by atoms with Gasteiger partial charge in [0.15, 0.2) is 0 Å². The van der Waals surface area contributed by atoms with Crippen molar-refractivity contribution in [3.63, 3.8) is 0 Å². The van der Waals surface area contributed by atoms with Crippen LogP contribution in [0, 0.1) is 11.8 Å². The predicted octanol–water partition coefficient (Wildman–Crippen LogP) is 7.75. The van der Waals surface area contributed by atoms with Gasteiger partial charge in [-0.25, -0.2) is 9.78 Å². The topological polar surface area (TPSA) is 81.0 Å². The number of fused-ring (bicyclic) bond motifs is 1. The normalized spacial score (nSPS) is 17.6. The highest BCUT2D eigenvalue weighted by Gasteiger charge is 2.40. The summed E-state index contributed by atoms with van der Waals surface area (Å²) in [4.78, 5) is 21.3. The van der Waals surface area contributed by atoms with Gasteiger partial charge in [-0.05, 0) is 65.9 Å². The van der Waals surface area contributed by atoms with E-state index in [-0.39, 0.29) is 23.6 Å². The smallest absolute Gasteiger partial charge is 0.354 e. The van der Waals surface area contributed by atoms with Gasteiger partial charge >= 0.3 is 5.97 Å². The SMILES string of the molecule is CCC(C)C1ON=C(c2c(Cl)cccc2Cl)C1COc1ccc(-c2ccc3nc(C(=O)O)ccc3c2)cc1. The minimum atomic E-state index is -1.04. The number of aromatic nitrogens is 1. The van der Waals surface area contributed by atoms with Crippen molar-refractivity contribution in [3.8, 4) is 16.9 Å². The summed E-state index contributed by atoms with van der Waals surface area (Å²) < 4.78 is 6.23. The van der Waals surface area contributed by atoms with Gasteiger partial charge in [-0.1, -0.05) is 72.5 Å². The molecule has 6 nitrogen and oxygen atoms in total. The molecular formula is C30H26Cl2N2O4. The molecule has 2 heterocycles. The number of ether oxygens (including phenoxy) is 1. The van der Waals surface area contributed by atoms with Gasteiger partial charge in [0.05, 0.1) is 21.5 Å². The van der Waals surface area contributed by atoms with E-state index in [4.69, 9.17) is 37.9 Å². The lowest BCUT2D eigenvalue weighted by Crippen LogP contribution is -2.34. The maximum atomic E-state index is 11.2.